The zero-order valence-corrected chi connectivity index (χ0v) is 20.4. The summed E-state index contributed by atoms with van der Waals surface area (Å²) in [4.78, 5) is 30.5. The monoisotopic (exact) mass is 489 g/mol. The van der Waals surface area contributed by atoms with Gasteiger partial charge in [0.05, 0.1) is 34.3 Å². The molecule has 2 atom stereocenters. The molecule has 0 unspecified atom stereocenters. The van der Waals surface area contributed by atoms with Crippen LogP contribution in [-0.2, 0) is 34.0 Å². The van der Waals surface area contributed by atoms with Gasteiger partial charge < -0.3 is 9.72 Å². The summed E-state index contributed by atoms with van der Waals surface area (Å²) in [5.74, 6) is 0.404. The number of carbonyl (C=O) groups excluding carboxylic acids is 1. The lowest BCUT2D eigenvalue weighted by atomic mass is 9.87. The first-order valence-electron chi connectivity index (χ1n) is 11.3. The molecule has 0 spiro atoms. The topological polar surface area (TPSA) is 111 Å². The summed E-state index contributed by atoms with van der Waals surface area (Å²) in [6.45, 7) is 3.87. The summed E-state index contributed by atoms with van der Waals surface area (Å²) in [5, 5.41) is 4.88. The fourth-order valence-corrected chi connectivity index (χ4v) is 7.75. The molecule has 0 aromatic carbocycles. The first-order valence-corrected chi connectivity index (χ1v) is 14.0. The number of nitrogens with one attached hydrogen (secondary N) is 1. The van der Waals surface area contributed by atoms with E-state index in [0.717, 1.165) is 25.7 Å². The fraction of sp³-hybridized carbons (Fsp3) is 0.522. The number of ether oxygens (including phenoxy) is 1. The molecule has 0 saturated carbocycles. The Morgan fingerprint density at radius 3 is 2.88 bits per heavy atom. The van der Waals surface area contributed by atoms with E-state index in [0.29, 0.717) is 39.6 Å². The van der Waals surface area contributed by atoms with Crippen molar-refractivity contribution in [2.24, 2.45) is 5.92 Å². The standard InChI is InChI=1S/C23H27N3O5S2/c1-3-14-4-5-19-15(8-14)9-20(32-19)23(28)31-11-16-10-18(27)21-13(2)25-26(22(21)24-16)17-6-7-33(29,30)12-17/h9-10,14,17H,3-8,11-12H2,1-2H3,(H,24,27)/t14-,17-/m1/s1. The van der Waals surface area contributed by atoms with E-state index in [1.807, 2.05) is 6.07 Å². The van der Waals surface area contributed by atoms with Gasteiger partial charge in [0.15, 0.2) is 15.3 Å². The Hall–Kier alpha value is -2.46. The summed E-state index contributed by atoms with van der Waals surface area (Å²) in [5.41, 5.74) is 2.51. The van der Waals surface area contributed by atoms with Crippen LogP contribution in [0, 0.1) is 12.8 Å². The zero-order valence-electron chi connectivity index (χ0n) is 18.7. The Balaban J connectivity index is 1.37. The van der Waals surface area contributed by atoms with Crippen LogP contribution in [0.5, 0.6) is 0 Å². The predicted octanol–water partition coefficient (Wildman–Crippen LogP) is 3.33. The molecule has 3 aromatic heterocycles. The molecule has 2 aliphatic rings. The minimum Gasteiger partial charge on any atom is -0.455 e. The summed E-state index contributed by atoms with van der Waals surface area (Å²) >= 11 is 1.50. The highest BCUT2D eigenvalue weighted by Crippen LogP contribution is 2.34. The van der Waals surface area contributed by atoms with Crippen molar-refractivity contribution in [1.82, 2.24) is 14.8 Å². The number of rotatable bonds is 5. The van der Waals surface area contributed by atoms with Gasteiger partial charge in [0.25, 0.3) is 0 Å². The second kappa shape index (κ2) is 8.39. The molecule has 1 N–H and O–H groups in total. The van der Waals surface area contributed by atoms with E-state index in [9.17, 15) is 18.0 Å². The van der Waals surface area contributed by atoms with Crippen molar-refractivity contribution >= 4 is 38.2 Å². The molecule has 4 heterocycles. The molecule has 0 radical (unpaired) electrons. The normalized spacial score (nSPS) is 21.9. The van der Waals surface area contributed by atoms with Crippen molar-refractivity contribution in [2.75, 3.05) is 11.5 Å². The molecule has 1 fully saturated rings. The second-order valence-corrected chi connectivity index (χ2v) is 12.5. The van der Waals surface area contributed by atoms with Crippen LogP contribution in [0.2, 0.25) is 0 Å². The highest BCUT2D eigenvalue weighted by Gasteiger charge is 2.31. The Kier molecular flexibility index (Phi) is 5.68. The summed E-state index contributed by atoms with van der Waals surface area (Å²) in [6, 6.07) is 3.06. The zero-order chi connectivity index (χ0) is 23.3. The van der Waals surface area contributed by atoms with E-state index < -0.39 is 15.8 Å². The Labute approximate surface area is 195 Å². The maximum atomic E-state index is 12.8. The van der Waals surface area contributed by atoms with Crippen molar-refractivity contribution < 1.29 is 17.9 Å². The lowest BCUT2D eigenvalue weighted by Crippen LogP contribution is -2.15. The van der Waals surface area contributed by atoms with Gasteiger partial charge in [-0.15, -0.1) is 11.3 Å². The number of pyridine rings is 1. The highest BCUT2D eigenvalue weighted by atomic mass is 32.2. The van der Waals surface area contributed by atoms with Gasteiger partial charge in [0.2, 0.25) is 0 Å². The van der Waals surface area contributed by atoms with Crippen molar-refractivity contribution in [1.29, 1.82) is 0 Å². The van der Waals surface area contributed by atoms with Gasteiger partial charge in [0, 0.05) is 10.9 Å². The number of fused-ring (bicyclic) bond motifs is 2. The molecule has 0 bridgehead atoms. The van der Waals surface area contributed by atoms with Crippen LogP contribution in [0.25, 0.3) is 11.0 Å². The third-order valence-electron chi connectivity index (χ3n) is 6.79. The first kappa shape index (κ1) is 22.3. The molecule has 8 nitrogen and oxygen atoms in total. The van der Waals surface area contributed by atoms with Crippen LogP contribution in [-0.4, -0.2) is 40.7 Å². The number of nitrogens with zero attached hydrogens (tertiary/aromatic N) is 2. The van der Waals surface area contributed by atoms with E-state index in [1.165, 1.54) is 27.8 Å². The number of H-pyrrole nitrogens is 1. The van der Waals surface area contributed by atoms with Gasteiger partial charge >= 0.3 is 5.97 Å². The molecule has 1 saturated heterocycles. The van der Waals surface area contributed by atoms with Crippen LogP contribution >= 0.6 is 11.3 Å². The first-order chi connectivity index (χ1) is 15.7. The average molecular weight is 490 g/mol. The van der Waals surface area contributed by atoms with Crippen LogP contribution in [0.1, 0.15) is 63.7 Å². The molecule has 0 amide bonds. The Morgan fingerprint density at radius 2 is 2.15 bits per heavy atom. The quantitative estimate of drug-likeness (QED) is 0.551. The van der Waals surface area contributed by atoms with E-state index in [1.54, 1.807) is 11.6 Å². The average Bonchev–Trinajstić information content (AvgIpc) is 3.46. The van der Waals surface area contributed by atoms with Crippen LogP contribution in [0.3, 0.4) is 0 Å². The van der Waals surface area contributed by atoms with E-state index in [2.05, 4.69) is 17.0 Å². The second-order valence-electron chi connectivity index (χ2n) is 9.12. The Morgan fingerprint density at radius 1 is 1.33 bits per heavy atom. The van der Waals surface area contributed by atoms with Crippen LogP contribution in [0.15, 0.2) is 16.9 Å². The molecule has 1 aliphatic carbocycles. The molecule has 1 aliphatic heterocycles. The maximum Gasteiger partial charge on any atom is 0.348 e. The van der Waals surface area contributed by atoms with Crippen molar-refractivity contribution in [2.45, 2.75) is 58.6 Å². The number of hydrogen-bond donors (Lipinski definition) is 1. The predicted molar refractivity (Wildman–Crippen MR) is 127 cm³/mol. The molecule has 3 aromatic rings. The number of sulfone groups is 1. The lowest BCUT2D eigenvalue weighted by molar-refractivity contribution is 0.0473. The van der Waals surface area contributed by atoms with Gasteiger partial charge in [-0.25, -0.2) is 17.9 Å². The maximum absolute atomic E-state index is 12.8. The third-order valence-corrected chi connectivity index (χ3v) is 9.76. The summed E-state index contributed by atoms with van der Waals surface area (Å²) in [7, 11) is -3.10. The van der Waals surface area contributed by atoms with Crippen molar-refractivity contribution in [3.63, 3.8) is 0 Å². The van der Waals surface area contributed by atoms with Gasteiger partial charge in [-0.3, -0.25) is 4.79 Å². The minimum atomic E-state index is -3.10. The van der Waals surface area contributed by atoms with E-state index >= 15 is 0 Å². The minimum absolute atomic E-state index is 0.00635. The third kappa shape index (κ3) is 4.26. The van der Waals surface area contributed by atoms with Gasteiger partial charge in [-0.2, -0.15) is 5.10 Å². The molecule has 33 heavy (non-hydrogen) atoms. The summed E-state index contributed by atoms with van der Waals surface area (Å²) < 4.78 is 31.0. The number of aryl methyl sites for hydroxylation is 2. The summed E-state index contributed by atoms with van der Waals surface area (Å²) in [6.07, 6.45) is 4.79. The number of hydrogen-bond acceptors (Lipinski definition) is 7. The van der Waals surface area contributed by atoms with Crippen LogP contribution < -0.4 is 5.43 Å². The highest BCUT2D eigenvalue weighted by molar-refractivity contribution is 7.91. The SMILES string of the molecule is CC[C@@H]1CCc2sc(C(=O)OCc3cc(=O)c4c(C)nn([C@@H]5CCS(=O)(=O)C5)c4[nH]3)cc2C1. The number of esters is 1. The number of carbonyl (C=O) groups is 1. The molecule has 10 heteroatoms. The van der Waals surface area contributed by atoms with Crippen molar-refractivity contribution in [3.8, 4) is 0 Å². The number of thiophene rings is 1. The number of aromatic amines is 1. The smallest absolute Gasteiger partial charge is 0.348 e. The fourth-order valence-electron chi connectivity index (χ4n) is 4.95. The van der Waals surface area contributed by atoms with Gasteiger partial charge in [-0.05, 0) is 50.2 Å². The van der Waals surface area contributed by atoms with Gasteiger partial charge in [0.1, 0.15) is 17.1 Å². The van der Waals surface area contributed by atoms with Crippen LogP contribution in [0.4, 0.5) is 0 Å². The van der Waals surface area contributed by atoms with Gasteiger partial charge in [-0.1, -0.05) is 13.3 Å². The largest absolute Gasteiger partial charge is 0.455 e. The molecule has 5 rings (SSSR count). The Bertz CT molecular complexity index is 1400. The molecular weight excluding hydrogens is 462 g/mol. The molecular formula is C23H27N3O5S2. The van der Waals surface area contributed by atoms with E-state index in [4.69, 9.17) is 4.74 Å². The lowest BCUT2D eigenvalue weighted by Gasteiger charge is -2.19. The number of aromatic nitrogens is 3. The molecule has 176 valence electrons. The van der Waals surface area contributed by atoms with E-state index in [-0.39, 0.29) is 29.6 Å². The van der Waals surface area contributed by atoms with Crippen molar-refractivity contribution in [3.05, 3.63) is 49.1 Å².